The summed E-state index contributed by atoms with van der Waals surface area (Å²) in [5.41, 5.74) is 2.09. The minimum Gasteiger partial charge on any atom is -0.394 e. The van der Waals surface area contributed by atoms with E-state index in [0.717, 1.165) is 48.2 Å². The summed E-state index contributed by atoms with van der Waals surface area (Å²) in [6.45, 7) is -2.25. The fourth-order valence-corrected chi connectivity index (χ4v) is 4.37. The van der Waals surface area contributed by atoms with Crippen LogP contribution in [0.5, 0.6) is 0 Å². The van der Waals surface area contributed by atoms with Crippen molar-refractivity contribution in [1.29, 1.82) is 0 Å². The second-order valence-electron chi connectivity index (χ2n) is 6.39. The molecule has 0 aliphatic carbocycles. The number of amidine groups is 1. The van der Waals surface area contributed by atoms with Crippen molar-refractivity contribution in [2.24, 2.45) is 4.99 Å². The van der Waals surface area contributed by atoms with Gasteiger partial charge in [0, 0.05) is 48.1 Å². The molecule has 2 aromatic carbocycles. The van der Waals surface area contributed by atoms with E-state index in [0.29, 0.717) is 6.54 Å². The van der Waals surface area contributed by atoms with Crippen LogP contribution < -0.4 is 0 Å². The molecule has 0 aromatic heterocycles. The third-order valence-electron chi connectivity index (χ3n) is 4.74. The molecule has 0 amide bonds. The number of hydrogen-bond acceptors (Lipinski definition) is 6. The van der Waals surface area contributed by atoms with Gasteiger partial charge in [0.2, 0.25) is 0 Å². The number of piperazine rings is 1. The first-order chi connectivity index (χ1) is 14.7. The monoisotopic (exact) mass is 389 g/mol. The van der Waals surface area contributed by atoms with E-state index in [-0.39, 0.29) is 6.61 Å². The maximum Gasteiger partial charge on any atom is 0.137 e. The number of rotatable bonds is 5. The second-order valence-corrected chi connectivity index (χ2v) is 7.48. The summed E-state index contributed by atoms with van der Waals surface area (Å²) in [5, 5.41) is 9.23. The Labute approximate surface area is 170 Å². The summed E-state index contributed by atoms with van der Waals surface area (Å²) in [4.78, 5) is 11.8. The van der Waals surface area contributed by atoms with E-state index in [2.05, 4.69) is 28.0 Å². The van der Waals surface area contributed by atoms with Gasteiger partial charge in [-0.15, -0.1) is 0 Å². The Morgan fingerprint density at radius 2 is 1.78 bits per heavy atom. The molecule has 2 aromatic rings. The third-order valence-corrected chi connectivity index (χ3v) is 5.88. The predicted molar refractivity (Wildman–Crippen MR) is 109 cm³/mol. The van der Waals surface area contributed by atoms with Crippen LogP contribution in [-0.2, 0) is 4.74 Å². The van der Waals surface area contributed by atoms with Gasteiger partial charge in [0.15, 0.2) is 0 Å². The summed E-state index contributed by atoms with van der Waals surface area (Å²) in [5.74, 6) is 0.966. The number of para-hydroxylation sites is 1. The average molecular weight is 390 g/mol. The summed E-state index contributed by atoms with van der Waals surface area (Å²) < 4.78 is 34.2. The molecule has 4 rings (SSSR count). The Kier molecular flexibility index (Phi) is 4.67. The van der Waals surface area contributed by atoms with Crippen LogP contribution in [0.2, 0.25) is 0 Å². The van der Waals surface area contributed by atoms with Crippen molar-refractivity contribution in [2.45, 2.75) is 9.79 Å². The molecular weight excluding hydrogens is 360 g/mol. The van der Waals surface area contributed by atoms with E-state index in [1.165, 1.54) is 4.90 Å². The molecule has 27 heavy (non-hydrogen) atoms. The van der Waals surface area contributed by atoms with Crippen LogP contribution in [0.1, 0.15) is 11.0 Å². The minimum atomic E-state index is -3.04. The van der Waals surface area contributed by atoms with Gasteiger partial charge in [0.05, 0.1) is 30.9 Å². The molecule has 0 atom stereocenters. The molecule has 2 aliphatic rings. The Morgan fingerprint density at radius 3 is 2.59 bits per heavy atom. The summed E-state index contributed by atoms with van der Waals surface area (Å²) >= 11 is 1.73. The molecule has 1 N–H and O–H groups in total. The molecule has 1 saturated heterocycles. The Bertz CT molecular complexity index is 960. The van der Waals surface area contributed by atoms with Crippen LogP contribution in [0.4, 0.5) is 5.69 Å². The molecule has 6 heteroatoms. The highest BCUT2D eigenvalue weighted by molar-refractivity contribution is 7.99. The first-order valence-corrected chi connectivity index (χ1v) is 9.85. The number of aliphatic imine (C=N–C) groups is 1. The zero-order valence-corrected chi connectivity index (χ0v) is 15.8. The smallest absolute Gasteiger partial charge is 0.137 e. The van der Waals surface area contributed by atoms with Crippen molar-refractivity contribution in [1.82, 2.24) is 9.80 Å². The van der Waals surface area contributed by atoms with Gasteiger partial charge in [0.25, 0.3) is 0 Å². The van der Waals surface area contributed by atoms with E-state index in [9.17, 15) is 5.11 Å². The fraction of sp³-hybridized carbons (Fsp3) is 0.381. The van der Waals surface area contributed by atoms with Crippen molar-refractivity contribution in [3.63, 3.8) is 0 Å². The van der Waals surface area contributed by atoms with Crippen LogP contribution in [-0.4, -0.2) is 73.2 Å². The van der Waals surface area contributed by atoms with Gasteiger partial charge in [-0.05, 0) is 18.2 Å². The standard InChI is InChI=1S/C21H25N3O2S/c25-14-16-26-15-13-23-9-11-24(12-10-23)21-17-5-1-3-7-19(17)27-20-8-4-2-6-18(20)22-21/h1-8,25H,9-16H2/i14+1D2,16+1D2. The lowest BCUT2D eigenvalue weighted by Crippen LogP contribution is -2.49. The summed E-state index contributed by atoms with van der Waals surface area (Å²) in [7, 11) is 0. The molecule has 0 unspecified atom stereocenters. The maximum absolute atomic E-state index is 9.23. The van der Waals surface area contributed by atoms with Crippen LogP contribution in [0.15, 0.2) is 63.3 Å². The van der Waals surface area contributed by atoms with Crippen molar-refractivity contribution < 1.29 is 15.3 Å². The van der Waals surface area contributed by atoms with Gasteiger partial charge in [-0.1, -0.05) is 42.1 Å². The highest BCUT2D eigenvalue weighted by atomic mass is 32.2. The fourth-order valence-electron chi connectivity index (χ4n) is 3.35. The molecule has 2 heterocycles. The van der Waals surface area contributed by atoms with Gasteiger partial charge in [-0.25, -0.2) is 4.99 Å². The van der Waals surface area contributed by atoms with Gasteiger partial charge in [0.1, 0.15) is 5.84 Å². The lowest BCUT2D eigenvalue weighted by Gasteiger charge is -2.36. The quantitative estimate of drug-likeness (QED) is 0.797. The lowest BCUT2D eigenvalue weighted by atomic mass is 10.1. The Hall–Kier alpha value is -1.86. The van der Waals surface area contributed by atoms with Gasteiger partial charge < -0.3 is 14.7 Å². The number of aliphatic hydroxyl groups is 1. The van der Waals surface area contributed by atoms with E-state index < -0.39 is 13.1 Å². The molecule has 0 saturated carbocycles. The second kappa shape index (κ2) is 8.89. The summed E-state index contributed by atoms with van der Waals surface area (Å²) in [6.07, 6.45) is 0. The molecule has 0 spiro atoms. The zero-order chi connectivity index (χ0) is 22.1. The number of hydrogen-bond donors (Lipinski definition) is 1. The van der Waals surface area contributed by atoms with Gasteiger partial charge in [-0.3, -0.25) is 4.90 Å². The highest BCUT2D eigenvalue weighted by Gasteiger charge is 2.24. The average Bonchev–Trinajstić information content (AvgIpc) is 2.90. The molecular formula is C21H25N3O2S. The molecule has 1 fully saturated rings. The number of fused-ring (bicyclic) bond motifs is 2. The molecule has 0 radical (unpaired) electrons. The highest BCUT2D eigenvalue weighted by Crippen LogP contribution is 2.40. The predicted octanol–water partition coefficient (Wildman–Crippen LogP) is 2.86. The van der Waals surface area contributed by atoms with E-state index in [4.69, 9.17) is 15.2 Å². The third kappa shape index (κ3) is 4.35. The normalized spacial score (nSPS) is 20.3. The Morgan fingerprint density at radius 1 is 1.04 bits per heavy atom. The Balaban J connectivity index is 1.42. The van der Waals surface area contributed by atoms with Crippen LogP contribution in [0.25, 0.3) is 0 Å². The summed E-state index contributed by atoms with van der Waals surface area (Å²) in [6, 6.07) is 16.5. The first kappa shape index (κ1) is 14.2. The van der Waals surface area contributed by atoms with Crippen LogP contribution in [0.3, 0.4) is 0 Å². The first-order valence-electron chi connectivity index (χ1n) is 11.0. The number of ether oxygens (including phenoxy) is 1. The van der Waals surface area contributed by atoms with Crippen LogP contribution >= 0.6 is 11.8 Å². The van der Waals surface area contributed by atoms with Gasteiger partial charge >= 0.3 is 0 Å². The molecule has 2 aliphatic heterocycles. The van der Waals surface area contributed by atoms with Crippen LogP contribution in [0, 0.1) is 0 Å². The van der Waals surface area contributed by atoms with Crippen molar-refractivity contribution in [2.75, 3.05) is 52.4 Å². The van der Waals surface area contributed by atoms with Crippen molar-refractivity contribution >= 4 is 23.3 Å². The number of nitrogens with zero attached hydrogens (tertiary/aromatic N) is 3. The lowest BCUT2D eigenvalue weighted by molar-refractivity contribution is 0.0652. The maximum atomic E-state index is 9.23. The van der Waals surface area contributed by atoms with Gasteiger partial charge in [-0.2, -0.15) is 0 Å². The SMILES string of the molecule is [2H][13C]([2H])(O)[13C]([2H])([2H])OCCN1CCN(C2=Nc3ccccc3Sc3ccccc32)CC1. The molecule has 142 valence electrons. The number of benzene rings is 2. The van der Waals surface area contributed by atoms with Crippen molar-refractivity contribution in [3.8, 4) is 0 Å². The topological polar surface area (TPSA) is 48.3 Å². The van der Waals surface area contributed by atoms with E-state index in [1.807, 2.05) is 30.3 Å². The zero-order valence-electron chi connectivity index (χ0n) is 19.0. The minimum absolute atomic E-state index is 0.000858. The van der Waals surface area contributed by atoms with Crippen molar-refractivity contribution in [3.05, 3.63) is 54.1 Å². The molecule has 5 nitrogen and oxygen atoms in total. The molecule has 0 bridgehead atoms. The van der Waals surface area contributed by atoms with E-state index in [1.54, 1.807) is 11.8 Å². The largest absolute Gasteiger partial charge is 0.394 e. The van der Waals surface area contributed by atoms with E-state index >= 15 is 0 Å².